The van der Waals surface area contributed by atoms with Gasteiger partial charge in [0.05, 0.1) is 6.42 Å². The summed E-state index contributed by atoms with van der Waals surface area (Å²) in [4.78, 5) is 10.7. The van der Waals surface area contributed by atoms with E-state index in [1.54, 1.807) is 0 Å². The molecular weight excluding hydrogens is 166 g/mol. The number of hydrogen-bond acceptors (Lipinski definition) is 2. The van der Waals surface area contributed by atoms with Gasteiger partial charge in [0, 0.05) is 11.1 Å². The second-order valence-corrected chi connectivity index (χ2v) is 5.08. The Morgan fingerprint density at radius 3 is 2.23 bits per heavy atom. The van der Waals surface area contributed by atoms with Crippen LogP contribution in [0.1, 0.15) is 46.5 Å². The van der Waals surface area contributed by atoms with Crippen LogP contribution in [0.25, 0.3) is 0 Å². The van der Waals surface area contributed by atoms with E-state index < -0.39 is 5.97 Å². The molecule has 0 bridgehead atoms. The molecular formula is C10H19NO2. The Morgan fingerprint density at radius 2 is 2.00 bits per heavy atom. The summed E-state index contributed by atoms with van der Waals surface area (Å²) in [5.41, 5.74) is -0.111. The number of hydrogen-bond donors (Lipinski definition) is 2. The van der Waals surface area contributed by atoms with Gasteiger partial charge in [0.15, 0.2) is 0 Å². The highest BCUT2D eigenvalue weighted by atomic mass is 16.4. The van der Waals surface area contributed by atoms with Crippen molar-refractivity contribution in [3.63, 3.8) is 0 Å². The van der Waals surface area contributed by atoms with Crippen molar-refractivity contribution in [1.29, 1.82) is 0 Å². The van der Waals surface area contributed by atoms with Crippen LogP contribution >= 0.6 is 0 Å². The largest absolute Gasteiger partial charge is 0.481 e. The summed E-state index contributed by atoms with van der Waals surface area (Å²) in [6, 6.07) is 0. The lowest BCUT2D eigenvalue weighted by molar-refractivity contribution is -0.140. The highest BCUT2D eigenvalue weighted by molar-refractivity contribution is 5.68. The zero-order chi connectivity index (χ0) is 10.1. The topological polar surface area (TPSA) is 49.3 Å². The van der Waals surface area contributed by atoms with Crippen LogP contribution in [-0.4, -0.2) is 22.2 Å². The standard InChI is InChI=1S/C10H19NO2/c1-9(2,3)11-10(5-4-6-10)7-8(12)13/h11H,4-7H2,1-3H3,(H,12,13). The van der Waals surface area contributed by atoms with Crippen molar-refractivity contribution in [3.8, 4) is 0 Å². The van der Waals surface area contributed by atoms with Crippen LogP contribution < -0.4 is 5.32 Å². The molecule has 3 heteroatoms. The van der Waals surface area contributed by atoms with Gasteiger partial charge in [-0.2, -0.15) is 0 Å². The Bertz CT molecular complexity index is 201. The summed E-state index contributed by atoms with van der Waals surface area (Å²) in [6.07, 6.45) is 3.40. The molecule has 76 valence electrons. The first-order chi connectivity index (χ1) is 5.83. The molecule has 1 saturated carbocycles. The maximum atomic E-state index is 10.7. The molecule has 0 radical (unpaired) electrons. The Balaban J connectivity index is 2.55. The fraction of sp³-hybridized carbons (Fsp3) is 0.900. The normalized spacial score (nSPS) is 20.8. The van der Waals surface area contributed by atoms with E-state index in [1.807, 2.05) is 0 Å². The van der Waals surface area contributed by atoms with Gasteiger partial charge in [0.25, 0.3) is 0 Å². The van der Waals surface area contributed by atoms with Gasteiger partial charge in [-0.15, -0.1) is 0 Å². The van der Waals surface area contributed by atoms with Crippen molar-refractivity contribution in [2.75, 3.05) is 0 Å². The predicted molar refractivity (Wildman–Crippen MR) is 51.7 cm³/mol. The predicted octanol–water partition coefficient (Wildman–Crippen LogP) is 1.77. The number of carboxylic acids is 1. The molecule has 1 rings (SSSR count). The van der Waals surface area contributed by atoms with E-state index in [2.05, 4.69) is 26.1 Å². The van der Waals surface area contributed by atoms with Crippen LogP contribution in [0.4, 0.5) is 0 Å². The van der Waals surface area contributed by atoms with Crippen molar-refractivity contribution in [3.05, 3.63) is 0 Å². The molecule has 0 saturated heterocycles. The maximum Gasteiger partial charge on any atom is 0.305 e. The number of rotatable bonds is 3. The Kier molecular flexibility index (Phi) is 2.66. The van der Waals surface area contributed by atoms with Crippen LogP contribution in [0, 0.1) is 0 Å². The zero-order valence-corrected chi connectivity index (χ0v) is 8.68. The van der Waals surface area contributed by atoms with Crippen LogP contribution in [0.15, 0.2) is 0 Å². The number of carbonyl (C=O) groups is 1. The average Bonchev–Trinajstić information content (AvgIpc) is 1.78. The quantitative estimate of drug-likeness (QED) is 0.704. The Morgan fingerprint density at radius 1 is 1.46 bits per heavy atom. The van der Waals surface area contributed by atoms with Crippen LogP contribution in [0.2, 0.25) is 0 Å². The van der Waals surface area contributed by atoms with E-state index in [9.17, 15) is 4.79 Å². The van der Waals surface area contributed by atoms with E-state index in [0.29, 0.717) is 0 Å². The van der Waals surface area contributed by atoms with Gasteiger partial charge >= 0.3 is 5.97 Å². The summed E-state index contributed by atoms with van der Waals surface area (Å²) in [7, 11) is 0. The van der Waals surface area contributed by atoms with Crippen LogP contribution in [0.3, 0.4) is 0 Å². The second-order valence-electron chi connectivity index (χ2n) is 5.08. The summed E-state index contributed by atoms with van der Waals surface area (Å²) in [5.74, 6) is -0.698. The number of aliphatic carboxylic acids is 1. The molecule has 1 fully saturated rings. The minimum absolute atomic E-state index is 0.00979. The minimum atomic E-state index is -0.698. The van der Waals surface area contributed by atoms with Crippen molar-refractivity contribution in [2.45, 2.75) is 57.5 Å². The van der Waals surface area contributed by atoms with Crippen LogP contribution in [-0.2, 0) is 4.79 Å². The van der Waals surface area contributed by atoms with E-state index in [1.165, 1.54) is 0 Å². The van der Waals surface area contributed by atoms with Gasteiger partial charge in [-0.1, -0.05) is 0 Å². The fourth-order valence-electron chi connectivity index (χ4n) is 2.03. The summed E-state index contributed by atoms with van der Waals surface area (Å²) in [6.45, 7) is 6.23. The molecule has 0 aliphatic heterocycles. The first kappa shape index (κ1) is 10.5. The minimum Gasteiger partial charge on any atom is -0.481 e. The monoisotopic (exact) mass is 185 g/mol. The van der Waals surface area contributed by atoms with Crippen molar-refractivity contribution in [2.24, 2.45) is 0 Å². The first-order valence-corrected chi connectivity index (χ1v) is 4.84. The van der Waals surface area contributed by atoms with Gasteiger partial charge < -0.3 is 10.4 Å². The van der Waals surface area contributed by atoms with Crippen molar-refractivity contribution < 1.29 is 9.90 Å². The molecule has 0 heterocycles. The molecule has 0 spiro atoms. The lowest BCUT2D eigenvalue weighted by Crippen LogP contribution is -2.58. The second kappa shape index (κ2) is 3.29. The molecule has 0 amide bonds. The molecule has 2 N–H and O–H groups in total. The maximum absolute atomic E-state index is 10.7. The van der Waals surface area contributed by atoms with Gasteiger partial charge in [0.1, 0.15) is 0 Å². The fourth-order valence-corrected chi connectivity index (χ4v) is 2.03. The average molecular weight is 185 g/mol. The SMILES string of the molecule is CC(C)(C)NC1(CC(=O)O)CCC1. The van der Waals surface area contributed by atoms with Gasteiger partial charge in [-0.05, 0) is 40.0 Å². The zero-order valence-electron chi connectivity index (χ0n) is 8.68. The molecule has 13 heavy (non-hydrogen) atoms. The summed E-state index contributed by atoms with van der Waals surface area (Å²) < 4.78 is 0. The molecule has 0 aromatic carbocycles. The first-order valence-electron chi connectivity index (χ1n) is 4.84. The molecule has 0 aromatic heterocycles. The Hall–Kier alpha value is -0.570. The third-order valence-corrected chi connectivity index (χ3v) is 2.44. The molecule has 1 aliphatic rings. The van der Waals surface area contributed by atoms with E-state index in [4.69, 9.17) is 5.11 Å². The third kappa shape index (κ3) is 2.99. The van der Waals surface area contributed by atoms with Crippen molar-refractivity contribution in [1.82, 2.24) is 5.32 Å². The van der Waals surface area contributed by atoms with E-state index in [0.717, 1.165) is 19.3 Å². The summed E-state index contributed by atoms with van der Waals surface area (Å²) >= 11 is 0. The molecule has 3 nitrogen and oxygen atoms in total. The van der Waals surface area contributed by atoms with E-state index in [-0.39, 0.29) is 17.5 Å². The molecule has 0 unspecified atom stereocenters. The number of nitrogens with one attached hydrogen (secondary N) is 1. The highest BCUT2D eigenvalue weighted by Crippen LogP contribution is 2.36. The smallest absolute Gasteiger partial charge is 0.305 e. The molecule has 1 aliphatic carbocycles. The molecule has 0 atom stereocenters. The van der Waals surface area contributed by atoms with Crippen molar-refractivity contribution >= 4 is 5.97 Å². The summed E-state index contributed by atoms with van der Waals surface area (Å²) in [5, 5.41) is 12.2. The van der Waals surface area contributed by atoms with Gasteiger partial charge in [-0.25, -0.2) is 0 Å². The Labute approximate surface area is 79.5 Å². The lowest BCUT2D eigenvalue weighted by Gasteiger charge is -2.46. The van der Waals surface area contributed by atoms with Crippen LogP contribution in [0.5, 0.6) is 0 Å². The number of carboxylic acid groups (broad SMARTS) is 1. The lowest BCUT2D eigenvalue weighted by atomic mass is 9.73. The van der Waals surface area contributed by atoms with E-state index >= 15 is 0 Å². The highest BCUT2D eigenvalue weighted by Gasteiger charge is 2.41. The molecule has 0 aromatic rings. The van der Waals surface area contributed by atoms with Gasteiger partial charge in [0.2, 0.25) is 0 Å². The third-order valence-electron chi connectivity index (χ3n) is 2.44. The van der Waals surface area contributed by atoms with Gasteiger partial charge in [-0.3, -0.25) is 4.79 Å².